The van der Waals surface area contributed by atoms with Gasteiger partial charge in [0.1, 0.15) is 0 Å². The third-order valence-corrected chi connectivity index (χ3v) is 1.94. The lowest BCUT2D eigenvalue weighted by Crippen LogP contribution is -1.86. The molecule has 0 atom stereocenters. The highest BCUT2D eigenvalue weighted by molar-refractivity contribution is 5.84. The van der Waals surface area contributed by atoms with Crippen molar-refractivity contribution in [2.45, 2.75) is 41.0 Å². The standard InChI is InChI=1S/C11H15N.C2H6/c1-4-10(3)12-11-8-6-5-7-9(11)2;1-2/h5-8H,4H2,1-3H3;1-2H3. The van der Waals surface area contributed by atoms with E-state index in [9.17, 15) is 0 Å². The van der Waals surface area contributed by atoms with Crippen molar-refractivity contribution in [3.8, 4) is 0 Å². The normalized spacial score (nSPS) is 10.5. The van der Waals surface area contributed by atoms with Gasteiger partial charge in [-0.05, 0) is 31.9 Å². The third kappa shape index (κ3) is 4.22. The van der Waals surface area contributed by atoms with E-state index in [1.807, 2.05) is 26.0 Å². The molecule has 0 aromatic heterocycles. The maximum absolute atomic E-state index is 4.49. The minimum absolute atomic E-state index is 1.02. The van der Waals surface area contributed by atoms with E-state index in [1.54, 1.807) is 0 Å². The van der Waals surface area contributed by atoms with Crippen molar-refractivity contribution < 1.29 is 0 Å². The monoisotopic (exact) mass is 191 g/mol. The lowest BCUT2D eigenvalue weighted by atomic mass is 10.2. The first-order valence-electron chi connectivity index (χ1n) is 5.34. The third-order valence-electron chi connectivity index (χ3n) is 1.94. The molecule has 1 aromatic rings. The molecule has 14 heavy (non-hydrogen) atoms. The van der Waals surface area contributed by atoms with Gasteiger partial charge >= 0.3 is 0 Å². The van der Waals surface area contributed by atoms with E-state index in [0.29, 0.717) is 0 Å². The first kappa shape index (κ1) is 12.9. The smallest absolute Gasteiger partial charge is 0.0658 e. The van der Waals surface area contributed by atoms with Crippen LogP contribution in [-0.4, -0.2) is 5.71 Å². The molecule has 0 N–H and O–H groups in total. The summed E-state index contributed by atoms with van der Waals surface area (Å²) >= 11 is 0. The minimum atomic E-state index is 1.02. The fourth-order valence-electron chi connectivity index (χ4n) is 0.974. The molecule has 0 heterocycles. The van der Waals surface area contributed by atoms with Gasteiger partial charge < -0.3 is 0 Å². The van der Waals surface area contributed by atoms with Gasteiger partial charge in [-0.3, -0.25) is 4.99 Å². The molecule has 0 spiro atoms. The van der Waals surface area contributed by atoms with Crippen molar-refractivity contribution in [2.75, 3.05) is 0 Å². The second kappa shape index (κ2) is 7.31. The predicted octanol–water partition coefficient (Wildman–Crippen LogP) is 4.52. The second-order valence-corrected chi connectivity index (χ2v) is 2.99. The molecule has 0 aliphatic rings. The Bertz CT molecular complexity index is 287. The molecular weight excluding hydrogens is 170 g/mol. The second-order valence-electron chi connectivity index (χ2n) is 2.99. The molecule has 0 radical (unpaired) electrons. The number of aryl methyl sites for hydroxylation is 1. The molecule has 0 bridgehead atoms. The molecule has 1 heteroatoms. The van der Waals surface area contributed by atoms with E-state index in [4.69, 9.17) is 0 Å². The van der Waals surface area contributed by atoms with Crippen molar-refractivity contribution in [1.82, 2.24) is 0 Å². The van der Waals surface area contributed by atoms with Crippen LogP contribution in [-0.2, 0) is 0 Å². The minimum Gasteiger partial charge on any atom is -0.258 e. The van der Waals surface area contributed by atoms with Crippen LogP contribution in [0.1, 0.15) is 39.7 Å². The molecule has 1 nitrogen and oxygen atoms in total. The van der Waals surface area contributed by atoms with Gasteiger partial charge in [0.15, 0.2) is 0 Å². The summed E-state index contributed by atoms with van der Waals surface area (Å²) in [6.07, 6.45) is 1.02. The molecule has 1 rings (SSSR count). The molecule has 0 aliphatic carbocycles. The van der Waals surface area contributed by atoms with Crippen molar-refractivity contribution in [3.05, 3.63) is 29.8 Å². The van der Waals surface area contributed by atoms with E-state index in [1.165, 1.54) is 11.3 Å². The highest BCUT2D eigenvalue weighted by atomic mass is 14.7. The van der Waals surface area contributed by atoms with Crippen LogP contribution in [0.4, 0.5) is 5.69 Å². The van der Waals surface area contributed by atoms with Crippen molar-refractivity contribution >= 4 is 11.4 Å². The number of aliphatic imine (C=N–C) groups is 1. The van der Waals surface area contributed by atoms with Gasteiger partial charge in [-0.25, -0.2) is 0 Å². The SMILES string of the molecule is CC.CCC(C)=Nc1ccccc1C. The molecule has 1 aromatic carbocycles. The summed E-state index contributed by atoms with van der Waals surface area (Å²) in [5.74, 6) is 0. The lowest BCUT2D eigenvalue weighted by molar-refractivity contribution is 1.24. The molecule has 78 valence electrons. The van der Waals surface area contributed by atoms with Crippen LogP contribution in [0.15, 0.2) is 29.3 Å². The molecule has 0 unspecified atom stereocenters. The maximum Gasteiger partial charge on any atom is 0.0658 e. The van der Waals surface area contributed by atoms with Gasteiger partial charge in [0.2, 0.25) is 0 Å². The predicted molar refractivity (Wildman–Crippen MR) is 65.6 cm³/mol. The Kier molecular flexibility index (Phi) is 6.73. The zero-order chi connectivity index (χ0) is 11.0. The average Bonchev–Trinajstić information content (AvgIpc) is 2.24. The number of benzene rings is 1. The van der Waals surface area contributed by atoms with E-state index in [-0.39, 0.29) is 0 Å². The van der Waals surface area contributed by atoms with Gasteiger partial charge in [0.05, 0.1) is 5.69 Å². The van der Waals surface area contributed by atoms with Gasteiger partial charge in [0.25, 0.3) is 0 Å². The summed E-state index contributed by atoms with van der Waals surface area (Å²) in [7, 11) is 0. The first-order valence-corrected chi connectivity index (χ1v) is 5.34. The van der Waals surface area contributed by atoms with Crippen LogP contribution in [0, 0.1) is 6.92 Å². The van der Waals surface area contributed by atoms with Crippen molar-refractivity contribution in [2.24, 2.45) is 4.99 Å². The van der Waals surface area contributed by atoms with Gasteiger partial charge in [-0.15, -0.1) is 0 Å². The Hall–Kier alpha value is -1.11. The highest BCUT2D eigenvalue weighted by Gasteiger charge is 1.93. The molecular formula is C13H21N. The van der Waals surface area contributed by atoms with Crippen LogP contribution in [0.5, 0.6) is 0 Å². The lowest BCUT2D eigenvalue weighted by Gasteiger charge is -2.00. The van der Waals surface area contributed by atoms with Crippen molar-refractivity contribution in [3.63, 3.8) is 0 Å². The molecule has 0 saturated heterocycles. The highest BCUT2D eigenvalue weighted by Crippen LogP contribution is 2.17. The number of hydrogen-bond donors (Lipinski definition) is 0. The Labute approximate surface area is 87.9 Å². The Balaban J connectivity index is 0.000000791. The quantitative estimate of drug-likeness (QED) is 0.609. The topological polar surface area (TPSA) is 12.4 Å². The summed E-state index contributed by atoms with van der Waals surface area (Å²) in [5, 5.41) is 0. The van der Waals surface area contributed by atoms with E-state index < -0.39 is 0 Å². The summed E-state index contributed by atoms with van der Waals surface area (Å²) < 4.78 is 0. The van der Waals surface area contributed by atoms with Gasteiger partial charge in [0, 0.05) is 5.71 Å². The molecule has 0 saturated carbocycles. The zero-order valence-corrected chi connectivity index (χ0v) is 9.96. The molecule has 0 amide bonds. The van der Waals surface area contributed by atoms with Crippen LogP contribution < -0.4 is 0 Å². The van der Waals surface area contributed by atoms with E-state index in [0.717, 1.165) is 12.1 Å². The number of hydrogen-bond acceptors (Lipinski definition) is 1. The summed E-state index contributed by atoms with van der Waals surface area (Å²) in [6, 6.07) is 8.20. The van der Waals surface area contributed by atoms with Gasteiger partial charge in [-0.1, -0.05) is 39.0 Å². The number of para-hydroxylation sites is 1. The van der Waals surface area contributed by atoms with Crippen molar-refractivity contribution in [1.29, 1.82) is 0 Å². The Morgan fingerprint density at radius 2 is 1.79 bits per heavy atom. The molecule has 0 aliphatic heterocycles. The van der Waals surface area contributed by atoms with Crippen LogP contribution in [0.3, 0.4) is 0 Å². The largest absolute Gasteiger partial charge is 0.258 e. The zero-order valence-electron chi connectivity index (χ0n) is 9.96. The number of rotatable bonds is 2. The Morgan fingerprint density at radius 1 is 1.21 bits per heavy atom. The van der Waals surface area contributed by atoms with E-state index in [2.05, 4.69) is 37.9 Å². The van der Waals surface area contributed by atoms with Gasteiger partial charge in [-0.2, -0.15) is 0 Å². The van der Waals surface area contributed by atoms with E-state index >= 15 is 0 Å². The summed E-state index contributed by atoms with van der Waals surface area (Å²) in [4.78, 5) is 4.49. The average molecular weight is 191 g/mol. The molecule has 0 fully saturated rings. The first-order chi connectivity index (χ1) is 6.74. The summed E-state index contributed by atoms with van der Waals surface area (Å²) in [5.41, 5.74) is 3.52. The Morgan fingerprint density at radius 3 is 2.29 bits per heavy atom. The summed E-state index contributed by atoms with van der Waals surface area (Å²) in [6.45, 7) is 10.3. The fourth-order valence-corrected chi connectivity index (χ4v) is 0.974. The fraction of sp³-hybridized carbons (Fsp3) is 0.462. The van der Waals surface area contributed by atoms with Crippen LogP contribution in [0.25, 0.3) is 0 Å². The maximum atomic E-state index is 4.49. The van der Waals surface area contributed by atoms with Crippen LogP contribution in [0.2, 0.25) is 0 Å². The van der Waals surface area contributed by atoms with Crippen LogP contribution >= 0.6 is 0 Å². The number of nitrogens with zero attached hydrogens (tertiary/aromatic N) is 1.